The summed E-state index contributed by atoms with van der Waals surface area (Å²) in [5.41, 5.74) is 2.59. The van der Waals surface area contributed by atoms with Crippen LogP contribution in [0.4, 0.5) is 11.4 Å². The molecule has 114 valence electrons. The predicted octanol–water partition coefficient (Wildman–Crippen LogP) is 4.08. The van der Waals surface area contributed by atoms with Gasteiger partial charge in [-0.2, -0.15) is 0 Å². The van der Waals surface area contributed by atoms with Gasteiger partial charge in [-0.25, -0.2) is 0 Å². The van der Waals surface area contributed by atoms with E-state index in [-0.39, 0.29) is 11.3 Å². The highest BCUT2D eigenvalue weighted by atomic mass is 35.5. The third-order valence-corrected chi connectivity index (χ3v) is 4.48. The summed E-state index contributed by atoms with van der Waals surface area (Å²) in [6, 6.07) is 15.5. The molecule has 22 heavy (non-hydrogen) atoms. The van der Waals surface area contributed by atoms with Crippen LogP contribution in [0.25, 0.3) is 0 Å². The van der Waals surface area contributed by atoms with Gasteiger partial charge in [-0.3, -0.25) is 4.79 Å². The number of amides is 1. The zero-order chi connectivity index (χ0) is 15.7. The lowest BCUT2D eigenvalue weighted by molar-refractivity contribution is -0.118. The summed E-state index contributed by atoms with van der Waals surface area (Å²) >= 11 is 5.93. The van der Waals surface area contributed by atoms with Crippen molar-refractivity contribution in [3.05, 3.63) is 59.1 Å². The van der Waals surface area contributed by atoms with E-state index in [1.165, 1.54) is 0 Å². The number of halogens is 1. The molecule has 1 saturated carbocycles. The molecular weight excluding hydrogens is 296 g/mol. The van der Waals surface area contributed by atoms with E-state index in [1.807, 2.05) is 67.5 Å². The van der Waals surface area contributed by atoms with Crippen LogP contribution in [0.2, 0.25) is 5.02 Å². The summed E-state index contributed by atoms with van der Waals surface area (Å²) in [7, 11) is 3.99. The third-order valence-electron chi connectivity index (χ3n) is 4.22. The molecule has 1 amide bonds. The molecule has 3 rings (SSSR count). The Labute approximate surface area is 135 Å². The first kappa shape index (κ1) is 14.9. The molecule has 2 aromatic rings. The van der Waals surface area contributed by atoms with Crippen molar-refractivity contribution >= 4 is 28.9 Å². The topological polar surface area (TPSA) is 32.3 Å². The van der Waals surface area contributed by atoms with E-state index in [0.717, 1.165) is 29.8 Å². The second-order valence-electron chi connectivity index (χ2n) is 5.98. The van der Waals surface area contributed by atoms with Gasteiger partial charge >= 0.3 is 0 Å². The Balaban J connectivity index is 1.75. The highest BCUT2D eigenvalue weighted by molar-refractivity contribution is 6.30. The molecule has 1 fully saturated rings. The highest BCUT2D eigenvalue weighted by Crippen LogP contribution is 2.49. The molecule has 0 heterocycles. The minimum Gasteiger partial charge on any atom is -0.378 e. The van der Waals surface area contributed by atoms with Crippen molar-refractivity contribution in [3.63, 3.8) is 0 Å². The van der Waals surface area contributed by atoms with E-state index in [2.05, 4.69) is 5.32 Å². The van der Waals surface area contributed by atoms with E-state index in [1.54, 1.807) is 0 Å². The Kier molecular flexibility index (Phi) is 3.83. The first-order valence-electron chi connectivity index (χ1n) is 7.36. The van der Waals surface area contributed by atoms with Gasteiger partial charge in [0.05, 0.1) is 5.41 Å². The normalized spacial score (nSPS) is 15.2. The standard InChI is InChI=1S/C18H19ClN2O/c1-21(2)16-9-7-15(8-10-16)20-17(22)18(11-12-18)13-3-5-14(19)6-4-13/h3-10H,11-12H2,1-2H3,(H,20,22). The fraction of sp³-hybridized carbons (Fsp3) is 0.278. The maximum absolute atomic E-state index is 12.6. The van der Waals surface area contributed by atoms with Crippen molar-refractivity contribution in [1.82, 2.24) is 0 Å². The van der Waals surface area contributed by atoms with Crippen LogP contribution >= 0.6 is 11.6 Å². The Morgan fingerprint density at radius 2 is 1.64 bits per heavy atom. The smallest absolute Gasteiger partial charge is 0.235 e. The molecule has 0 bridgehead atoms. The van der Waals surface area contributed by atoms with E-state index < -0.39 is 0 Å². The SMILES string of the molecule is CN(C)c1ccc(NC(=O)C2(c3ccc(Cl)cc3)CC2)cc1. The highest BCUT2D eigenvalue weighted by Gasteiger charge is 2.51. The molecule has 1 aliphatic rings. The summed E-state index contributed by atoms with van der Waals surface area (Å²) in [6.45, 7) is 0. The molecule has 2 aromatic carbocycles. The van der Waals surface area contributed by atoms with Crippen LogP contribution in [0.1, 0.15) is 18.4 Å². The lowest BCUT2D eigenvalue weighted by atomic mass is 9.95. The fourth-order valence-electron chi connectivity index (χ4n) is 2.63. The molecular formula is C18H19ClN2O. The number of nitrogens with one attached hydrogen (secondary N) is 1. The van der Waals surface area contributed by atoms with Crippen LogP contribution in [0, 0.1) is 0 Å². The lowest BCUT2D eigenvalue weighted by Crippen LogP contribution is -2.27. The van der Waals surface area contributed by atoms with Gasteiger partial charge in [-0.15, -0.1) is 0 Å². The van der Waals surface area contributed by atoms with Gasteiger partial charge < -0.3 is 10.2 Å². The van der Waals surface area contributed by atoms with Gasteiger partial charge in [0.1, 0.15) is 0 Å². The number of nitrogens with zero attached hydrogens (tertiary/aromatic N) is 1. The van der Waals surface area contributed by atoms with E-state index in [9.17, 15) is 4.79 Å². The number of rotatable bonds is 4. The number of carbonyl (C=O) groups excluding carboxylic acids is 1. The Morgan fingerprint density at radius 3 is 2.14 bits per heavy atom. The quantitative estimate of drug-likeness (QED) is 0.922. The maximum Gasteiger partial charge on any atom is 0.235 e. The van der Waals surface area contributed by atoms with Crippen molar-refractivity contribution < 1.29 is 4.79 Å². The molecule has 0 aliphatic heterocycles. The number of hydrogen-bond donors (Lipinski definition) is 1. The molecule has 0 unspecified atom stereocenters. The molecule has 4 heteroatoms. The van der Waals surface area contributed by atoms with Crippen LogP contribution in [0.15, 0.2) is 48.5 Å². The number of benzene rings is 2. The largest absolute Gasteiger partial charge is 0.378 e. The molecule has 0 aromatic heterocycles. The van der Waals surface area contributed by atoms with Crippen LogP contribution in [-0.4, -0.2) is 20.0 Å². The molecule has 0 spiro atoms. The maximum atomic E-state index is 12.6. The zero-order valence-electron chi connectivity index (χ0n) is 12.8. The third kappa shape index (κ3) is 2.81. The summed E-state index contributed by atoms with van der Waals surface area (Å²) in [6.07, 6.45) is 1.77. The Morgan fingerprint density at radius 1 is 1.05 bits per heavy atom. The van der Waals surface area contributed by atoms with E-state index >= 15 is 0 Å². The molecule has 3 nitrogen and oxygen atoms in total. The van der Waals surface area contributed by atoms with Crippen molar-refractivity contribution in [2.75, 3.05) is 24.3 Å². The summed E-state index contributed by atoms with van der Waals surface area (Å²) < 4.78 is 0. The first-order valence-corrected chi connectivity index (χ1v) is 7.74. The molecule has 1 N–H and O–H groups in total. The van der Waals surface area contributed by atoms with E-state index in [0.29, 0.717) is 5.02 Å². The molecule has 0 atom stereocenters. The summed E-state index contributed by atoms with van der Waals surface area (Å²) in [4.78, 5) is 14.7. The lowest BCUT2D eigenvalue weighted by Gasteiger charge is -2.17. The molecule has 1 aliphatic carbocycles. The number of hydrogen-bond acceptors (Lipinski definition) is 2. The van der Waals surface area contributed by atoms with Crippen LogP contribution in [0.5, 0.6) is 0 Å². The average molecular weight is 315 g/mol. The van der Waals surface area contributed by atoms with Gasteiger partial charge in [0.2, 0.25) is 5.91 Å². The zero-order valence-corrected chi connectivity index (χ0v) is 13.5. The fourth-order valence-corrected chi connectivity index (χ4v) is 2.76. The number of carbonyl (C=O) groups is 1. The Bertz CT molecular complexity index is 673. The van der Waals surface area contributed by atoms with Crippen molar-refractivity contribution in [3.8, 4) is 0 Å². The Hall–Kier alpha value is -2.00. The monoisotopic (exact) mass is 314 g/mol. The summed E-state index contributed by atoms with van der Waals surface area (Å²) in [5, 5.41) is 3.73. The van der Waals surface area contributed by atoms with Crippen molar-refractivity contribution in [2.45, 2.75) is 18.3 Å². The van der Waals surface area contributed by atoms with Crippen LogP contribution in [-0.2, 0) is 10.2 Å². The first-order chi connectivity index (χ1) is 10.5. The van der Waals surface area contributed by atoms with Gasteiger partial charge in [0, 0.05) is 30.5 Å². The molecule has 0 radical (unpaired) electrons. The second kappa shape index (κ2) is 5.65. The van der Waals surface area contributed by atoms with Crippen LogP contribution < -0.4 is 10.2 Å². The number of anilines is 2. The second-order valence-corrected chi connectivity index (χ2v) is 6.42. The van der Waals surface area contributed by atoms with Crippen molar-refractivity contribution in [2.24, 2.45) is 0 Å². The van der Waals surface area contributed by atoms with Gasteiger partial charge in [0.25, 0.3) is 0 Å². The van der Waals surface area contributed by atoms with Gasteiger partial charge in [0.15, 0.2) is 0 Å². The average Bonchev–Trinajstić information content (AvgIpc) is 3.30. The van der Waals surface area contributed by atoms with Gasteiger partial charge in [-0.1, -0.05) is 23.7 Å². The van der Waals surface area contributed by atoms with Crippen LogP contribution in [0.3, 0.4) is 0 Å². The minimum atomic E-state index is -0.384. The van der Waals surface area contributed by atoms with E-state index in [4.69, 9.17) is 11.6 Å². The van der Waals surface area contributed by atoms with Gasteiger partial charge in [-0.05, 0) is 54.8 Å². The minimum absolute atomic E-state index is 0.0624. The molecule has 0 saturated heterocycles. The summed E-state index contributed by atoms with van der Waals surface area (Å²) in [5.74, 6) is 0.0624. The predicted molar refractivity (Wildman–Crippen MR) is 91.8 cm³/mol. The van der Waals surface area contributed by atoms with Crippen molar-refractivity contribution in [1.29, 1.82) is 0 Å².